The summed E-state index contributed by atoms with van der Waals surface area (Å²) in [5.74, 6) is -0.585. The van der Waals surface area contributed by atoms with Crippen LogP contribution in [0, 0.1) is 5.41 Å². The number of hydrogen-bond acceptors (Lipinski definition) is 4. The van der Waals surface area contributed by atoms with Crippen LogP contribution in [0.1, 0.15) is 52.6 Å². The molecule has 2 amide bonds. The van der Waals surface area contributed by atoms with E-state index < -0.39 is 11.5 Å². The van der Waals surface area contributed by atoms with Crippen molar-refractivity contribution in [2.75, 3.05) is 6.54 Å². The number of aliphatic hydroxyl groups excluding tert-OH is 1. The number of fused-ring (bicyclic) bond motifs is 1. The standard InChI is InChI=1S/C29H32N2O3/c1-21(30(18-22-12-6-4-7-13-22)19-23-14-8-5-9-15-23)26(32)29(2,3)20-31-27(33)24-16-10-11-17-25(24)28(31)34/h4-17,21,26,32H,18-20H2,1-3H3/t21-,26-/m0/s1. The van der Waals surface area contributed by atoms with Gasteiger partial charge in [-0.15, -0.1) is 0 Å². The van der Waals surface area contributed by atoms with Gasteiger partial charge in [0.1, 0.15) is 0 Å². The molecule has 0 aliphatic carbocycles. The van der Waals surface area contributed by atoms with Crippen molar-refractivity contribution in [1.29, 1.82) is 0 Å². The van der Waals surface area contributed by atoms with Crippen molar-refractivity contribution < 1.29 is 14.7 Å². The van der Waals surface area contributed by atoms with Gasteiger partial charge in [0.2, 0.25) is 0 Å². The summed E-state index contributed by atoms with van der Waals surface area (Å²) in [4.78, 5) is 29.3. The molecule has 3 aromatic rings. The highest BCUT2D eigenvalue weighted by Crippen LogP contribution is 2.32. The van der Waals surface area contributed by atoms with Crippen LogP contribution in [0.5, 0.6) is 0 Å². The van der Waals surface area contributed by atoms with Crippen LogP contribution in [0.25, 0.3) is 0 Å². The van der Waals surface area contributed by atoms with Gasteiger partial charge in [0, 0.05) is 31.1 Å². The Morgan fingerprint density at radius 3 is 1.62 bits per heavy atom. The van der Waals surface area contributed by atoms with Gasteiger partial charge < -0.3 is 5.11 Å². The van der Waals surface area contributed by atoms with Gasteiger partial charge in [-0.05, 0) is 30.2 Å². The fourth-order valence-corrected chi connectivity index (χ4v) is 4.72. The van der Waals surface area contributed by atoms with E-state index in [4.69, 9.17) is 0 Å². The lowest BCUT2D eigenvalue weighted by Gasteiger charge is -2.41. The number of rotatable bonds is 9. The van der Waals surface area contributed by atoms with E-state index in [0.29, 0.717) is 24.2 Å². The fourth-order valence-electron chi connectivity index (χ4n) is 4.72. The molecule has 1 heterocycles. The molecule has 0 spiro atoms. The summed E-state index contributed by atoms with van der Waals surface area (Å²) in [5, 5.41) is 11.5. The normalized spacial score (nSPS) is 15.5. The lowest BCUT2D eigenvalue weighted by Crippen LogP contribution is -2.52. The van der Waals surface area contributed by atoms with Crippen LogP contribution >= 0.6 is 0 Å². The van der Waals surface area contributed by atoms with Gasteiger partial charge in [0.05, 0.1) is 17.2 Å². The summed E-state index contributed by atoms with van der Waals surface area (Å²) in [6.07, 6.45) is -0.774. The third-order valence-electron chi connectivity index (χ3n) is 6.73. The van der Waals surface area contributed by atoms with Gasteiger partial charge in [0.25, 0.3) is 11.8 Å². The van der Waals surface area contributed by atoms with Crippen LogP contribution in [0.4, 0.5) is 0 Å². The maximum Gasteiger partial charge on any atom is 0.261 e. The molecule has 1 aliphatic heterocycles. The Hall–Kier alpha value is -3.28. The van der Waals surface area contributed by atoms with Gasteiger partial charge in [-0.3, -0.25) is 19.4 Å². The average molecular weight is 457 g/mol. The molecule has 0 saturated heterocycles. The zero-order valence-electron chi connectivity index (χ0n) is 20.0. The molecular formula is C29H32N2O3. The zero-order chi connectivity index (χ0) is 24.3. The van der Waals surface area contributed by atoms with E-state index in [1.54, 1.807) is 24.3 Å². The van der Waals surface area contributed by atoms with Crippen LogP contribution in [0.15, 0.2) is 84.9 Å². The highest BCUT2D eigenvalue weighted by molar-refractivity contribution is 6.21. The Balaban J connectivity index is 1.53. The minimum absolute atomic E-state index is 0.148. The van der Waals surface area contributed by atoms with Crippen molar-refractivity contribution >= 4 is 11.8 Å². The third-order valence-corrected chi connectivity index (χ3v) is 6.73. The summed E-state index contributed by atoms with van der Waals surface area (Å²) < 4.78 is 0. The van der Waals surface area contributed by atoms with E-state index in [1.165, 1.54) is 4.90 Å². The predicted octanol–water partition coefficient (Wildman–Crippen LogP) is 4.76. The van der Waals surface area contributed by atoms with E-state index in [1.807, 2.05) is 57.2 Å². The van der Waals surface area contributed by atoms with E-state index in [0.717, 1.165) is 11.1 Å². The second kappa shape index (κ2) is 9.92. The number of benzene rings is 3. The molecule has 0 saturated carbocycles. The van der Waals surface area contributed by atoms with Gasteiger partial charge >= 0.3 is 0 Å². The number of carbonyl (C=O) groups is 2. The molecule has 5 heteroatoms. The summed E-state index contributed by atoms with van der Waals surface area (Å²) in [5.41, 5.74) is 2.48. The first kappa shape index (κ1) is 23.9. The molecule has 0 unspecified atom stereocenters. The highest BCUT2D eigenvalue weighted by atomic mass is 16.3. The SMILES string of the molecule is C[C@@H]([C@H](O)C(C)(C)CN1C(=O)c2ccccc2C1=O)N(Cc1ccccc1)Cc1ccccc1. The molecule has 0 aromatic heterocycles. The number of carbonyl (C=O) groups excluding carboxylic acids is 2. The fraction of sp³-hybridized carbons (Fsp3) is 0.310. The Labute approximate surface area is 201 Å². The second-order valence-corrected chi connectivity index (χ2v) is 9.79. The van der Waals surface area contributed by atoms with Crippen LogP contribution in [-0.4, -0.2) is 45.4 Å². The quantitative estimate of drug-likeness (QED) is 0.472. The van der Waals surface area contributed by atoms with E-state index in [9.17, 15) is 14.7 Å². The lowest BCUT2D eigenvalue weighted by atomic mass is 9.81. The first-order chi connectivity index (χ1) is 16.3. The first-order valence-electron chi connectivity index (χ1n) is 11.7. The molecule has 5 nitrogen and oxygen atoms in total. The Morgan fingerprint density at radius 1 is 0.765 bits per heavy atom. The number of imide groups is 1. The lowest BCUT2D eigenvalue weighted by molar-refractivity contribution is -0.0349. The van der Waals surface area contributed by atoms with Crippen molar-refractivity contribution in [3.05, 3.63) is 107 Å². The molecule has 2 atom stereocenters. The molecule has 1 aliphatic rings. The van der Waals surface area contributed by atoms with Crippen molar-refractivity contribution in [3.63, 3.8) is 0 Å². The van der Waals surface area contributed by atoms with E-state index in [-0.39, 0.29) is 24.4 Å². The molecule has 0 fully saturated rings. The largest absolute Gasteiger partial charge is 0.391 e. The van der Waals surface area contributed by atoms with Crippen LogP contribution in [-0.2, 0) is 13.1 Å². The molecule has 0 bridgehead atoms. The van der Waals surface area contributed by atoms with Gasteiger partial charge in [-0.1, -0.05) is 86.6 Å². The first-order valence-corrected chi connectivity index (χ1v) is 11.7. The Bertz CT molecular complexity index is 1070. The van der Waals surface area contributed by atoms with Crippen molar-refractivity contribution in [2.45, 2.75) is 46.0 Å². The van der Waals surface area contributed by atoms with Crippen LogP contribution in [0.3, 0.4) is 0 Å². The van der Waals surface area contributed by atoms with E-state index >= 15 is 0 Å². The van der Waals surface area contributed by atoms with Crippen LogP contribution < -0.4 is 0 Å². The number of amides is 2. The maximum absolute atomic E-state index is 12.9. The van der Waals surface area contributed by atoms with Gasteiger partial charge in [-0.2, -0.15) is 0 Å². The maximum atomic E-state index is 12.9. The molecule has 1 N–H and O–H groups in total. The highest BCUT2D eigenvalue weighted by Gasteiger charge is 2.42. The Morgan fingerprint density at radius 2 is 1.18 bits per heavy atom. The molecule has 3 aromatic carbocycles. The van der Waals surface area contributed by atoms with Crippen molar-refractivity contribution in [2.24, 2.45) is 5.41 Å². The second-order valence-electron chi connectivity index (χ2n) is 9.79. The minimum Gasteiger partial charge on any atom is -0.391 e. The zero-order valence-corrected chi connectivity index (χ0v) is 20.0. The van der Waals surface area contributed by atoms with Crippen LogP contribution in [0.2, 0.25) is 0 Å². The summed E-state index contributed by atoms with van der Waals surface area (Å²) in [6.45, 7) is 7.35. The Kier molecular flexibility index (Phi) is 6.96. The topological polar surface area (TPSA) is 60.9 Å². The molecule has 4 rings (SSSR count). The molecule has 0 radical (unpaired) electrons. The number of hydrogen-bond donors (Lipinski definition) is 1. The summed E-state index contributed by atoms with van der Waals surface area (Å²) in [7, 11) is 0. The average Bonchev–Trinajstić information content (AvgIpc) is 3.08. The molecule has 34 heavy (non-hydrogen) atoms. The summed E-state index contributed by atoms with van der Waals surface area (Å²) in [6, 6.07) is 27.1. The summed E-state index contributed by atoms with van der Waals surface area (Å²) >= 11 is 0. The number of aliphatic hydroxyl groups is 1. The predicted molar refractivity (Wildman–Crippen MR) is 133 cm³/mol. The smallest absolute Gasteiger partial charge is 0.261 e. The minimum atomic E-state index is -0.774. The molecule has 176 valence electrons. The monoisotopic (exact) mass is 456 g/mol. The third kappa shape index (κ3) is 4.96. The van der Waals surface area contributed by atoms with Gasteiger partial charge in [0.15, 0.2) is 0 Å². The van der Waals surface area contributed by atoms with E-state index in [2.05, 4.69) is 29.2 Å². The van der Waals surface area contributed by atoms with Gasteiger partial charge in [-0.25, -0.2) is 0 Å². The van der Waals surface area contributed by atoms with Crippen molar-refractivity contribution in [1.82, 2.24) is 9.80 Å². The molecular weight excluding hydrogens is 424 g/mol. The van der Waals surface area contributed by atoms with Crippen molar-refractivity contribution in [3.8, 4) is 0 Å². The number of nitrogens with zero attached hydrogens (tertiary/aromatic N) is 2.